The molecule has 1 fully saturated rings. The lowest BCUT2D eigenvalue weighted by Gasteiger charge is -2.42. The summed E-state index contributed by atoms with van der Waals surface area (Å²) in [5, 5.41) is 18.9. The summed E-state index contributed by atoms with van der Waals surface area (Å²) in [5.74, 6) is 2.55. The van der Waals surface area contributed by atoms with Gasteiger partial charge in [0, 0.05) is 24.9 Å². The zero-order valence-corrected chi connectivity index (χ0v) is 8.70. The summed E-state index contributed by atoms with van der Waals surface area (Å²) >= 11 is 0. The second-order valence-corrected chi connectivity index (χ2v) is 4.12. The van der Waals surface area contributed by atoms with Gasteiger partial charge < -0.3 is 5.11 Å². The number of hydrogen-bond donors (Lipinski definition) is 1. The first-order valence-electron chi connectivity index (χ1n) is 4.84. The van der Waals surface area contributed by atoms with Crippen molar-refractivity contribution in [2.75, 3.05) is 13.1 Å². The van der Waals surface area contributed by atoms with E-state index >= 15 is 0 Å². The van der Waals surface area contributed by atoms with Gasteiger partial charge in [-0.05, 0) is 6.92 Å². The van der Waals surface area contributed by atoms with Gasteiger partial charge >= 0.3 is 0 Å². The Kier molecular flexibility index (Phi) is 3.16. The lowest BCUT2D eigenvalue weighted by Crippen LogP contribution is -2.54. The molecule has 1 aliphatic rings. The van der Waals surface area contributed by atoms with Crippen molar-refractivity contribution in [2.24, 2.45) is 5.92 Å². The summed E-state index contributed by atoms with van der Waals surface area (Å²) in [5.41, 5.74) is -1.18. The molecule has 0 radical (unpaired) electrons. The van der Waals surface area contributed by atoms with E-state index in [1.54, 1.807) is 0 Å². The van der Waals surface area contributed by atoms with Crippen LogP contribution < -0.4 is 0 Å². The highest BCUT2D eigenvalue weighted by atomic mass is 16.3. The average molecular weight is 192 g/mol. The first-order chi connectivity index (χ1) is 6.53. The first-order valence-corrected chi connectivity index (χ1v) is 4.84. The molecule has 1 aliphatic heterocycles. The van der Waals surface area contributed by atoms with E-state index in [1.165, 1.54) is 0 Å². The Morgan fingerprint density at radius 1 is 1.64 bits per heavy atom. The Balaban J connectivity index is 2.74. The highest BCUT2D eigenvalue weighted by Crippen LogP contribution is 2.30. The van der Waals surface area contributed by atoms with Crippen LogP contribution in [-0.4, -0.2) is 34.7 Å². The van der Waals surface area contributed by atoms with Crippen LogP contribution in [0.1, 0.15) is 20.3 Å². The van der Waals surface area contributed by atoms with Gasteiger partial charge in [0.15, 0.2) is 5.60 Å². The van der Waals surface area contributed by atoms with Gasteiger partial charge in [0.05, 0.1) is 12.6 Å². The van der Waals surface area contributed by atoms with Gasteiger partial charge in [-0.2, -0.15) is 5.26 Å². The van der Waals surface area contributed by atoms with E-state index in [2.05, 4.69) is 10.8 Å². The van der Waals surface area contributed by atoms with Crippen LogP contribution in [0.15, 0.2) is 0 Å². The molecule has 0 saturated carbocycles. The minimum absolute atomic E-state index is 0.0444. The zero-order valence-electron chi connectivity index (χ0n) is 8.70. The number of likely N-dealkylation sites (tertiary alicyclic amines) is 1. The fraction of sp³-hybridized carbons (Fsp3) is 0.727. The number of nitriles is 1. The van der Waals surface area contributed by atoms with Crippen molar-refractivity contribution >= 4 is 0 Å². The van der Waals surface area contributed by atoms with Crippen LogP contribution in [0, 0.1) is 29.6 Å². The number of nitrogens with zero attached hydrogens (tertiary/aromatic N) is 2. The zero-order chi connectivity index (χ0) is 10.8. The number of piperidine rings is 1. The molecule has 1 heterocycles. The van der Waals surface area contributed by atoms with Crippen molar-refractivity contribution in [3.8, 4) is 18.4 Å². The van der Waals surface area contributed by atoms with E-state index in [1.807, 2.05) is 19.9 Å². The third-order valence-electron chi connectivity index (χ3n) is 3.04. The summed E-state index contributed by atoms with van der Waals surface area (Å²) in [6.45, 7) is 5.16. The molecule has 76 valence electrons. The van der Waals surface area contributed by atoms with Gasteiger partial charge in [0.1, 0.15) is 0 Å². The van der Waals surface area contributed by atoms with Crippen LogP contribution in [0.2, 0.25) is 0 Å². The second kappa shape index (κ2) is 4.00. The molecule has 0 bridgehead atoms. The van der Waals surface area contributed by atoms with Crippen molar-refractivity contribution in [2.45, 2.75) is 31.9 Å². The van der Waals surface area contributed by atoms with Crippen molar-refractivity contribution in [3.63, 3.8) is 0 Å². The van der Waals surface area contributed by atoms with Gasteiger partial charge in [-0.25, -0.2) is 0 Å². The average Bonchev–Trinajstić information content (AvgIpc) is 2.15. The summed E-state index contributed by atoms with van der Waals surface area (Å²) in [7, 11) is 0. The predicted octanol–water partition coefficient (Wildman–Crippen LogP) is 0.605. The Bertz CT molecular complexity index is 289. The molecule has 0 amide bonds. The summed E-state index contributed by atoms with van der Waals surface area (Å²) in [6.07, 6.45) is 5.73. The molecule has 1 saturated heterocycles. The molecule has 3 nitrogen and oxygen atoms in total. The van der Waals surface area contributed by atoms with Crippen LogP contribution in [0.4, 0.5) is 0 Å². The summed E-state index contributed by atoms with van der Waals surface area (Å²) in [4.78, 5) is 2.12. The maximum absolute atomic E-state index is 9.97. The van der Waals surface area contributed by atoms with Gasteiger partial charge in [0.25, 0.3) is 0 Å². The highest BCUT2D eigenvalue weighted by molar-refractivity contribution is 5.09. The summed E-state index contributed by atoms with van der Waals surface area (Å²) in [6, 6.07) is 2.17. The molecule has 0 unspecified atom stereocenters. The van der Waals surface area contributed by atoms with Crippen LogP contribution in [-0.2, 0) is 0 Å². The minimum Gasteiger partial charge on any atom is -0.375 e. The predicted molar refractivity (Wildman–Crippen MR) is 54.2 cm³/mol. The van der Waals surface area contributed by atoms with Gasteiger partial charge in [-0.1, -0.05) is 12.8 Å². The van der Waals surface area contributed by atoms with Crippen molar-refractivity contribution < 1.29 is 5.11 Å². The molecule has 0 aromatic carbocycles. The Hall–Kier alpha value is -1.03. The van der Waals surface area contributed by atoms with Crippen molar-refractivity contribution in [1.29, 1.82) is 5.26 Å². The Labute approximate surface area is 85.3 Å². The normalized spacial score (nSPS) is 38.6. The second-order valence-electron chi connectivity index (χ2n) is 4.12. The van der Waals surface area contributed by atoms with Crippen LogP contribution in [0.3, 0.4) is 0 Å². The fourth-order valence-corrected chi connectivity index (χ4v) is 1.96. The van der Waals surface area contributed by atoms with Crippen LogP contribution in [0.25, 0.3) is 0 Å². The Morgan fingerprint density at radius 2 is 2.29 bits per heavy atom. The van der Waals surface area contributed by atoms with E-state index in [-0.39, 0.29) is 12.0 Å². The summed E-state index contributed by atoms with van der Waals surface area (Å²) < 4.78 is 0. The van der Waals surface area contributed by atoms with Crippen molar-refractivity contribution in [3.05, 3.63) is 0 Å². The highest BCUT2D eigenvalue weighted by Gasteiger charge is 2.42. The molecule has 0 aromatic rings. The van der Waals surface area contributed by atoms with E-state index in [4.69, 9.17) is 11.7 Å². The maximum atomic E-state index is 9.97. The lowest BCUT2D eigenvalue weighted by molar-refractivity contribution is -0.0402. The van der Waals surface area contributed by atoms with E-state index in [0.717, 1.165) is 0 Å². The molecule has 1 N–H and O–H groups in total. The molecule has 3 atom stereocenters. The first kappa shape index (κ1) is 11.0. The van der Waals surface area contributed by atoms with Crippen LogP contribution in [0.5, 0.6) is 0 Å². The molecule has 3 heteroatoms. The minimum atomic E-state index is -1.18. The van der Waals surface area contributed by atoms with E-state index < -0.39 is 5.60 Å². The molecule has 0 aromatic heterocycles. The molecule has 1 rings (SSSR count). The molecule has 14 heavy (non-hydrogen) atoms. The molecular formula is C11H16N2O. The number of rotatable bonds is 1. The largest absolute Gasteiger partial charge is 0.375 e. The SMILES string of the molecule is C#CCN1C[C@@H](C)[C@@](O)(C#N)C[C@@H]1C. The molecule has 0 spiro atoms. The topological polar surface area (TPSA) is 47.3 Å². The van der Waals surface area contributed by atoms with Crippen molar-refractivity contribution in [1.82, 2.24) is 4.90 Å². The van der Waals surface area contributed by atoms with E-state index in [0.29, 0.717) is 19.5 Å². The fourth-order valence-electron chi connectivity index (χ4n) is 1.96. The number of hydrogen-bond acceptors (Lipinski definition) is 3. The third kappa shape index (κ3) is 1.90. The van der Waals surface area contributed by atoms with Gasteiger partial charge in [0.2, 0.25) is 0 Å². The quantitative estimate of drug-likeness (QED) is 0.489. The van der Waals surface area contributed by atoms with Gasteiger partial charge in [-0.3, -0.25) is 4.90 Å². The monoisotopic (exact) mass is 192 g/mol. The van der Waals surface area contributed by atoms with Crippen LogP contribution >= 0.6 is 0 Å². The Morgan fingerprint density at radius 3 is 2.79 bits per heavy atom. The number of aliphatic hydroxyl groups is 1. The molecular weight excluding hydrogens is 176 g/mol. The smallest absolute Gasteiger partial charge is 0.156 e. The number of terminal acetylenes is 1. The lowest BCUT2D eigenvalue weighted by atomic mass is 9.80. The third-order valence-corrected chi connectivity index (χ3v) is 3.04. The maximum Gasteiger partial charge on any atom is 0.156 e. The van der Waals surface area contributed by atoms with E-state index in [9.17, 15) is 5.11 Å². The molecule has 0 aliphatic carbocycles. The standard InChI is InChI=1S/C11H16N2O/c1-4-5-13-7-9(2)11(14,8-12)6-10(13)3/h1,9-10,14H,5-7H2,2-3H3/t9-,10+,11+/m1/s1. The van der Waals surface area contributed by atoms with Gasteiger partial charge in [-0.15, -0.1) is 6.42 Å².